The van der Waals surface area contributed by atoms with Crippen molar-refractivity contribution < 1.29 is 13.2 Å². The number of amides is 1. The zero-order valence-corrected chi connectivity index (χ0v) is 16.4. The molecule has 3 aromatic rings. The van der Waals surface area contributed by atoms with E-state index in [0.717, 1.165) is 16.5 Å². The van der Waals surface area contributed by atoms with Gasteiger partial charge in [0.05, 0.1) is 10.9 Å². The Kier molecular flexibility index (Phi) is 5.04. The first kappa shape index (κ1) is 19.1. The minimum absolute atomic E-state index is 0.185. The lowest BCUT2D eigenvalue weighted by Crippen LogP contribution is -2.60. The van der Waals surface area contributed by atoms with E-state index in [1.807, 2.05) is 30.3 Å². The molecule has 2 heterocycles. The van der Waals surface area contributed by atoms with Gasteiger partial charge in [0.1, 0.15) is 5.82 Å². The number of nitrogens with zero attached hydrogens (tertiary/aromatic N) is 2. The number of hydrogen-bond donors (Lipinski definition) is 2. The quantitative estimate of drug-likeness (QED) is 0.612. The third kappa shape index (κ3) is 3.98. The first-order valence-electron chi connectivity index (χ1n) is 9.11. The first-order valence-corrected chi connectivity index (χ1v) is 10.5. The van der Waals surface area contributed by atoms with Gasteiger partial charge in [-0.1, -0.05) is 30.8 Å². The fourth-order valence-electron chi connectivity index (χ4n) is 3.14. The molecule has 1 saturated heterocycles. The van der Waals surface area contributed by atoms with Crippen LogP contribution >= 0.6 is 0 Å². The first-order chi connectivity index (χ1) is 14.0. The number of carbonyl (C=O) groups is 1. The summed E-state index contributed by atoms with van der Waals surface area (Å²) in [6.45, 7) is 3.89. The van der Waals surface area contributed by atoms with E-state index in [9.17, 15) is 13.2 Å². The molecule has 0 spiro atoms. The lowest BCUT2D eigenvalue weighted by atomic mass is 10.2. The Bertz CT molecular complexity index is 1170. The molecule has 2 aromatic carbocycles. The molecule has 4 rings (SSSR count). The van der Waals surface area contributed by atoms with Gasteiger partial charge in [-0.2, -0.15) is 4.31 Å². The highest BCUT2D eigenvalue weighted by atomic mass is 32.2. The van der Waals surface area contributed by atoms with Crippen LogP contribution in [0.1, 0.15) is 0 Å². The topological polar surface area (TPSA) is 91.4 Å². The van der Waals surface area contributed by atoms with Gasteiger partial charge in [0.15, 0.2) is 0 Å². The van der Waals surface area contributed by atoms with Crippen molar-refractivity contribution >= 4 is 38.2 Å². The number of pyridine rings is 1. The zero-order chi connectivity index (χ0) is 20.4. The van der Waals surface area contributed by atoms with Crippen LogP contribution < -0.4 is 10.6 Å². The normalized spacial score (nSPS) is 14.9. The van der Waals surface area contributed by atoms with E-state index in [1.54, 1.807) is 30.5 Å². The Labute approximate surface area is 169 Å². The van der Waals surface area contributed by atoms with E-state index in [-0.39, 0.29) is 29.9 Å². The van der Waals surface area contributed by atoms with Crippen LogP contribution in [0.3, 0.4) is 0 Å². The number of rotatable bonds is 6. The van der Waals surface area contributed by atoms with Gasteiger partial charge in [0.2, 0.25) is 15.9 Å². The second-order valence-electron chi connectivity index (χ2n) is 6.80. The largest absolute Gasteiger partial charge is 0.347 e. The summed E-state index contributed by atoms with van der Waals surface area (Å²) in [5.41, 5.74) is 0.742. The van der Waals surface area contributed by atoms with Crippen molar-refractivity contribution in [2.24, 2.45) is 0 Å². The van der Waals surface area contributed by atoms with Gasteiger partial charge in [-0.25, -0.2) is 13.4 Å². The SMILES string of the molecule is C=CC(=O)NC1CN(S(=O)(=O)c2ccc(Nc3cc4ccccc4cn3)cc2)C1. The monoisotopic (exact) mass is 408 g/mol. The number of nitrogens with one attached hydrogen (secondary N) is 2. The van der Waals surface area contributed by atoms with E-state index in [0.29, 0.717) is 5.82 Å². The highest BCUT2D eigenvalue weighted by Gasteiger charge is 2.37. The van der Waals surface area contributed by atoms with E-state index in [4.69, 9.17) is 0 Å². The molecule has 7 nitrogen and oxygen atoms in total. The molecular formula is C21H20N4O3S. The third-order valence-corrected chi connectivity index (χ3v) is 6.62. The Morgan fingerprint density at radius 1 is 1.10 bits per heavy atom. The lowest BCUT2D eigenvalue weighted by Gasteiger charge is -2.38. The van der Waals surface area contributed by atoms with Crippen LogP contribution in [0.15, 0.2) is 78.3 Å². The van der Waals surface area contributed by atoms with Crippen LogP contribution in [-0.4, -0.2) is 42.7 Å². The van der Waals surface area contributed by atoms with Gasteiger partial charge in [0.25, 0.3) is 0 Å². The van der Waals surface area contributed by atoms with Crippen molar-refractivity contribution in [1.82, 2.24) is 14.6 Å². The summed E-state index contributed by atoms with van der Waals surface area (Å²) in [4.78, 5) is 15.9. The third-order valence-electron chi connectivity index (χ3n) is 4.78. The highest BCUT2D eigenvalue weighted by molar-refractivity contribution is 7.89. The number of fused-ring (bicyclic) bond motifs is 1. The highest BCUT2D eigenvalue weighted by Crippen LogP contribution is 2.25. The molecule has 1 aliphatic heterocycles. The Hall–Kier alpha value is -3.23. The summed E-state index contributed by atoms with van der Waals surface area (Å²) in [5.74, 6) is 0.382. The maximum absolute atomic E-state index is 12.7. The maximum atomic E-state index is 12.7. The van der Waals surface area contributed by atoms with Crippen molar-refractivity contribution in [1.29, 1.82) is 0 Å². The van der Waals surface area contributed by atoms with Gasteiger partial charge in [-0.3, -0.25) is 4.79 Å². The molecule has 0 unspecified atom stereocenters. The van der Waals surface area contributed by atoms with Gasteiger partial charge in [-0.05, 0) is 41.8 Å². The number of carbonyl (C=O) groups excluding carboxylic acids is 1. The number of sulfonamides is 1. The molecule has 0 atom stereocenters. The molecule has 1 aliphatic rings. The van der Waals surface area contributed by atoms with Crippen LogP contribution in [0, 0.1) is 0 Å². The average Bonchev–Trinajstić information content (AvgIpc) is 2.70. The number of aromatic nitrogens is 1. The predicted octanol–water partition coefficient (Wildman–Crippen LogP) is 2.65. The summed E-state index contributed by atoms with van der Waals surface area (Å²) < 4.78 is 26.7. The molecular weight excluding hydrogens is 388 g/mol. The van der Waals surface area contributed by atoms with Gasteiger partial charge >= 0.3 is 0 Å². The van der Waals surface area contributed by atoms with E-state index in [1.165, 1.54) is 10.4 Å². The summed E-state index contributed by atoms with van der Waals surface area (Å²) in [5, 5.41) is 8.00. The summed E-state index contributed by atoms with van der Waals surface area (Å²) in [6.07, 6.45) is 2.97. The second kappa shape index (κ2) is 7.65. The molecule has 0 saturated carbocycles. The molecule has 1 aromatic heterocycles. The van der Waals surface area contributed by atoms with E-state index < -0.39 is 10.0 Å². The molecule has 1 amide bonds. The molecule has 0 bridgehead atoms. The number of benzene rings is 2. The van der Waals surface area contributed by atoms with Gasteiger partial charge < -0.3 is 10.6 Å². The Balaban J connectivity index is 1.43. The van der Waals surface area contributed by atoms with Crippen LogP contribution in [0.25, 0.3) is 10.8 Å². The summed E-state index contributed by atoms with van der Waals surface area (Å²) in [6, 6.07) is 16.2. The molecule has 1 fully saturated rings. The van der Waals surface area contributed by atoms with E-state index >= 15 is 0 Å². The Morgan fingerprint density at radius 2 is 1.79 bits per heavy atom. The van der Waals surface area contributed by atoms with Crippen molar-refractivity contribution in [2.45, 2.75) is 10.9 Å². The van der Waals surface area contributed by atoms with Crippen LogP contribution in [0.2, 0.25) is 0 Å². The average molecular weight is 408 g/mol. The molecule has 29 heavy (non-hydrogen) atoms. The van der Waals surface area contributed by atoms with Crippen LogP contribution in [0.5, 0.6) is 0 Å². The van der Waals surface area contributed by atoms with Gasteiger partial charge in [0, 0.05) is 30.4 Å². The summed E-state index contributed by atoms with van der Waals surface area (Å²) >= 11 is 0. The number of hydrogen-bond acceptors (Lipinski definition) is 5. The fourth-order valence-corrected chi connectivity index (χ4v) is 4.68. The molecule has 148 valence electrons. The van der Waals surface area contributed by atoms with Crippen molar-refractivity contribution in [2.75, 3.05) is 18.4 Å². The standard InChI is InChI=1S/C21H20N4O3S/c1-2-21(26)24-18-13-25(14-18)29(27,28)19-9-7-17(8-10-19)23-20-11-15-5-3-4-6-16(15)12-22-20/h2-12,18H,1,13-14H2,(H,22,23)(H,24,26). The number of anilines is 2. The minimum Gasteiger partial charge on any atom is -0.347 e. The second-order valence-corrected chi connectivity index (χ2v) is 8.74. The molecule has 8 heteroatoms. The van der Waals surface area contributed by atoms with Crippen molar-refractivity contribution in [3.8, 4) is 0 Å². The van der Waals surface area contributed by atoms with E-state index in [2.05, 4.69) is 22.2 Å². The van der Waals surface area contributed by atoms with Crippen molar-refractivity contribution in [3.05, 3.63) is 73.4 Å². The Morgan fingerprint density at radius 3 is 2.48 bits per heavy atom. The molecule has 0 radical (unpaired) electrons. The van der Waals surface area contributed by atoms with Crippen LogP contribution in [0.4, 0.5) is 11.5 Å². The molecule has 0 aliphatic carbocycles. The summed E-state index contributed by atoms with van der Waals surface area (Å²) in [7, 11) is -3.58. The smallest absolute Gasteiger partial charge is 0.243 e. The maximum Gasteiger partial charge on any atom is 0.243 e. The lowest BCUT2D eigenvalue weighted by molar-refractivity contribution is -0.117. The van der Waals surface area contributed by atoms with Crippen LogP contribution in [-0.2, 0) is 14.8 Å². The fraction of sp³-hybridized carbons (Fsp3) is 0.143. The minimum atomic E-state index is -3.58. The zero-order valence-electron chi connectivity index (χ0n) is 15.6. The molecule has 2 N–H and O–H groups in total. The predicted molar refractivity (Wildman–Crippen MR) is 112 cm³/mol. The van der Waals surface area contributed by atoms with Crippen molar-refractivity contribution in [3.63, 3.8) is 0 Å². The van der Waals surface area contributed by atoms with Gasteiger partial charge in [-0.15, -0.1) is 0 Å².